The van der Waals surface area contributed by atoms with Crippen LogP contribution in [0.4, 0.5) is 5.69 Å². The van der Waals surface area contributed by atoms with Crippen LogP contribution in [0.15, 0.2) is 18.2 Å². The first-order valence-corrected chi connectivity index (χ1v) is 6.51. The van der Waals surface area contributed by atoms with E-state index in [-0.39, 0.29) is 24.8 Å². The second-order valence-electron chi connectivity index (χ2n) is 4.13. The van der Waals surface area contributed by atoms with Crippen molar-refractivity contribution in [3.05, 3.63) is 28.8 Å². The third-order valence-electron chi connectivity index (χ3n) is 2.39. The molecular formula is C13H18ClN3O2. The van der Waals surface area contributed by atoms with Gasteiger partial charge in [-0.2, -0.15) is 0 Å². The molecule has 1 aromatic rings. The standard InChI is InChI=1S/C13H18ClN3O2/c1-2-4-16-12(18)3-5-17-13(19)9-6-10(14)8-11(15)7-9/h6-8H,2-5,15H2,1H3,(H,16,18)(H,17,19). The van der Waals surface area contributed by atoms with Gasteiger partial charge in [0.25, 0.3) is 5.91 Å². The fourth-order valence-electron chi connectivity index (χ4n) is 1.49. The lowest BCUT2D eigenvalue weighted by Crippen LogP contribution is -2.31. The average molecular weight is 284 g/mol. The van der Waals surface area contributed by atoms with E-state index < -0.39 is 0 Å². The summed E-state index contributed by atoms with van der Waals surface area (Å²) in [7, 11) is 0. The highest BCUT2D eigenvalue weighted by atomic mass is 35.5. The Kier molecular flexibility index (Phi) is 6.15. The quantitative estimate of drug-likeness (QED) is 0.693. The van der Waals surface area contributed by atoms with Crippen molar-refractivity contribution in [3.63, 3.8) is 0 Å². The number of hydrogen-bond donors (Lipinski definition) is 3. The fourth-order valence-corrected chi connectivity index (χ4v) is 1.73. The molecule has 1 rings (SSSR count). The first-order valence-electron chi connectivity index (χ1n) is 6.14. The van der Waals surface area contributed by atoms with E-state index in [9.17, 15) is 9.59 Å². The van der Waals surface area contributed by atoms with E-state index in [4.69, 9.17) is 17.3 Å². The molecule has 0 heterocycles. The highest BCUT2D eigenvalue weighted by molar-refractivity contribution is 6.31. The molecule has 2 amide bonds. The first kappa shape index (κ1) is 15.3. The number of amides is 2. The van der Waals surface area contributed by atoms with Crippen molar-refractivity contribution < 1.29 is 9.59 Å². The largest absolute Gasteiger partial charge is 0.399 e. The molecule has 0 bridgehead atoms. The third-order valence-corrected chi connectivity index (χ3v) is 2.61. The van der Waals surface area contributed by atoms with Gasteiger partial charge in [0.05, 0.1) is 0 Å². The van der Waals surface area contributed by atoms with Crippen LogP contribution in [0.25, 0.3) is 0 Å². The Balaban J connectivity index is 2.41. The maximum absolute atomic E-state index is 11.8. The summed E-state index contributed by atoms with van der Waals surface area (Å²) in [6.07, 6.45) is 1.14. The van der Waals surface area contributed by atoms with Crippen molar-refractivity contribution in [2.24, 2.45) is 0 Å². The Hall–Kier alpha value is -1.75. The Morgan fingerprint density at radius 3 is 2.58 bits per heavy atom. The molecule has 6 heteroatoms. The lowest BCUT2D eigenvalue weighted by atomic mass is 10.2. The van der Waals surface area contributed by atoms with Crippen molar-refractivity contribution >= 4 is 29.1 Å². The van der Waals surface area contributed by atoms with E-state index in [1.165, 1.54) is 6.07 Å². The molecule has 0 spiro atoms. The average Bonchev–Trinajstić information content (AvgIpc) is 2.35. The topological polar surface area (TPSA) is 84.2 Å². The zero-order valence-electron chi connectivity index (χ0n) is 10.8. The normalized spacial score (nSPS) is 10.0. The van der Waals surface area contributed by atoms with Crippen molar-refractivity contribution in [2.45, 2.75) is 19.8 Å². The Morgan fingerprint density at radius 2 is 1.95 bits per heavy atom. The number of nitrogen functional groups attached to an aromatic ring is 1. The van der Waals surface area contributed by atoms with Gasteiger partial charge in [0.1, 0.15) is 0 Å². The number of benzene rings is 1. The van der Waals surface area contributed by atoms with Gasteiger partial charge in [-0.1, -0.05) is 18.5 Å². The molecule has 0 aromatic heterocycles. The molecule has 19 heavy (non-hydrogen) atoms. The third kappa shape index (κ3) is 5.61. The molecule has 4 N–H and O–H groups in total. The summed E-state index contributed by atoms with van der Waals surface area (Å²) in [5.74, 6) is -0.370. The summed E-state index contributed by atoms with van der Waals surface area (Å²) in [6, 6.07) is 4.64. The summed E-state index contributed by atoms with van der Waals surface area (Å²) < 4.78 is 0. The van der Waals surface area contributed by atoms with Crippen LogP contribution in [0.1, 0.15) is 30.1 Å². The zero-order chi connectivity index (χ0) is 14.3. The lowest BCUT2D eigenvalue weighted by Gasteiger charge is -2.07. The van der Waals surface area contributed by atoms with Crippen LogP contribution < -0.4 is 16.4 Å². The van der Waals surface area contributed by atoms with Gasteiger partial charge in [-0.05, 0) is 24.6 Å². The van der Waals surface area contributed by atoms with Crippen LogP contribution >= 0.6 is 11.6 Å². The number of carbonyl (C=O) groups is 2. The van der Waals surface area contributed by atoms with Crippen LogP contribution in [0.5, 0.6) is 0 Å². The molecule has 104 valence electrons. The van der Waals surface area contributed by atoms with Crippen molar-refractivity contribution in [1.82, 2.24) is 10.6 Å². The molecule has 5 nitrogen and oxygen atoms in total. The fraction of sp³-hybridized carbons (Fsp3) is 0.385. The molecule has 1 aromatic carbocycles. The van der Waals surface area contributed by atoms with Gasteiger partial charge in [-0.25, -0.2) is 0 Å². The molecule has 0 aliphatic carbocycles. The summed E-state index contributed by atoms with van der Waals surface area (Å²) in [5, 5.41) is 5.79. The smallest absolute Gasteiger partial charge is 0.251 e. The van der Waals surface area contributed by atoms with Crippen LogP contribution in [-0.4, -0.2) is 24.9 Å². The van der Waals surface area contributed by atoms with E-state index >= 15 is 0 Å². The van der Waals surface area contributed by atoms with Crippen molar-refractivity contribution in [2.75, 3.05) is 18.8 Å². The number of nitrogens with one attached hydrogen (secondary N) is 2. The van der Waals surface area contributed by atoms with E-state index in [1.807, 2.05) is 6.92 Å². The molecule has 0 unspecified atom stereocenters. The molecule has 0 aliphatic rings. The number of hydrogen-bond acceptors (Lipinski definition) is 3. The van der Waals surface area contributed by atoms with E-state index in [0.717, 1.165) is 6.42 Å². The highest BCUT2D eigenvalue weighted by Crippen LogP contribution is 2.16. The predicted molar refractivity (Wildman–Crippen MR) is 76.1 cm³/mol. The van der Waals surface area contributed by atoms with E-state index in [2.05, 4.69) is 10.6 Å². The maximum atomic E-state index is 11.8. The first-order chi connectivity index (χ1) is 9.02. The molecular weight excluding hydrogens is 266 g/mol. The number of carbonyl (C=O) groups excluding carboxylic acids is 2. The predicted octanol–water partition coefficient (Wildman–Crippen LogP) is 1.57. The molecule has 0 atom stereocenters. The zero-order valence-corrected chi connectivity index (χ0v) is 11.6. The summed E-state index contributed by atoms with van der Waals surface area (Å²) >= 11 is 5.81. The van der Waals surface area contributed by atoms with Gasteiger partial charge in [0.15, 0.2) is 0 Å². The van der Waals surface area contributed by atoms with E-state index in [1.54, 1.807) is 12.1 Å². The minimum Gasteiger partial charge on any atom is -0.399 e. The van der Waals surface area contributed by atoms with Crippen molar-refractivity contribution in [1.29, 1.82) is 0 Å². The van der Waals surface area contributed by atoms with Gasteiger partial charge < -0.3 is 16.4 Å². The molecule has 0 fully saturated rings. The number of rotatable bonds is 6. The Morgan fingerprint density at radius 1 is 1.21 bits per heavy atom. The number of anilines is 1. The van der Waals surface area contributed by atoms with Crippen molar-refractivity contribution in [3.8, 4) is 0 Å². The Labute approximate surface area is 117 Å². The monoisotopic (exact) mass is 283 g/mol. The van der Waals surface area contributed by atoms with Gasteiger partial charge >= 0.3 is 0 Å². The van der Waals surface area contributed by atoms with E-state index in [0.29, 0.717) is 22.8 Å². The number of nitrogens with two attached hydrogens (primary N) is 1. The minimum atomic E-state index is -0.294. The minimum absolute atomic E-state index is 0.0762. The van der Waals surface area contributed by atoms with Gasteiger partial charge in [-0.3, -0.25) is 9.59 Å². The molecule has 0 saturated carbocycles. The lowest BCUT2D eigenvalue weighted by molar-refractivity contribution is -0.120. The summed E-state index contributed by atoms with van der Waals surface area (Å²) in [4.78, 5) is 23.1. The Bertz CT molecular complexity index is 443. The van der Waals surface area contributed by atoms with Gasteiger partial charge in [0, 0.05) is 35.8 Å². The van der Waals surface area contributed by atoms with Gasteiger partial charge in [0.2, 0.25) is 5.91 Å². The SMILES string of the molecule is CCCNC(=O)CCNC(=O)c1cc(N)cc(Cl)c1. The van der Waals surface area contributed by atoms with Crippen LogP contribution in [0.3, 0.4) is 0 Å². The summed E-state index contributed by atoms with van der Waals surface area (Å²) in [5.41, 5.74) is 6.42. The molecule has 0 aliphatic heterocycles. The maximum Gasteiger partial charge on any atom is 0.251 e. The molecule has 0 radical (unpaired) electrons. The van der Waals surface area contributed by atoms with Crippen LogP contribution in [0, 0.1) is 0 Å². The second kappa shape index (κ2) is 7.63. The summed E-state index contributed by atoms with van der Waals surface area (Å²) in [6.45, 7) is 2.91. The molecule has 0 saturated heterocycles. The highest BCUT2D eigenvalue weighted by Gasteiger charge is 2.08. The van der Waals surface area contributed by atoms with Gasteiger partial charge in [-0.15, -0.1) is 0 Å². The second-order valence-corrected chi connectivity index (χ2v) is 4.57. The van der Waals surface area contributed by atoms with Crippen LogP contribution in [-0.2, 0) is 4.79 Å². The number of halogens is 1. The van der Waals surface area contributed by atoms with Crippen LogP contribution in [0.2, 0.25) is 5.02 Å².